The average Bonchev–Trinajstić information content (AvgIpc) is 2.64. The van der Waals surface area contributed by atoms with Crippen LogP contribution in [0.1, 0.15) is 58.3 Å². The molecule has 0 aromatic rings. The second-order valence-corrected chi connectivity index (χ2v) is 8.03. The monoisotopic (exact) mass is 356 g/mol. The molecule has 2 aliphatic carbocycles. The van der Waals surface area contributed by atoms with Gasteiger partial charge in [0, 0.05) is 18.1 Å². The second-order valence-electron chi connectivity index (χ2n) is 7.78. The van der Waals surface area contributed by atoms with Crippen molar-refractivity contribution >= 4 is 11.6 Å². The zero-order valence-electron chi connectivity index (χ0n) is 15.0. The molecule has 0 radical (unpaired) electrons. The summed E-state index contributed by atoms with van der Waals surface area (Å²) in [6.07, 6.45) is 12.9. The lowest BCUT2D eigenvalue weighted by Gasteiger charge is -2.40. The molecule has 0 N–H and O–H groups in total. The Morgan fingerprint density at radius 2 is 1.42 bits per heavy atom. The molecule has 0 unspecified atom stereocenters. The molecule has 2 saturated carbocycles. The maximum atomic E-state index is 5.94. The van der Waals surface area contributed by atoms with E-state index in [0.717, 1.165) is 24.4 Å². The third-order valence-corrected chi connectivity index (χ3v) is 6.47. The first-order valence-electron chi connectivity index (χ1n) is 9.91. The summed E-state index contributed by atoms with van der Waals surface area (Å²) >= 11 is 5.72. The highest BCUT2D eigenvalue weighted by Gasteiger charge is 2.35. The largest absolute Gasteiger partial charge is 0.374 e. The summed E-state index contributed by atoms with van der Waals surface area (Å²) in [5, 5.41) is 0. The molecule has 4 heteroatoms. The van der Waals surface area contributed by atoms with Gasteiger partial charge in [-0.3, -0.25) is 0 Å². The summed E-state index contributed by atoms with van der Waals surface area (Å²) in [6.45, 7) is 4.13. The van der Waals surface area contributed by atoms with Gasteiger partial charge in [-0.15, -0.1) is 0 Å². The van der Waals surface area contributed by atoms with Crippen molar-refractivity contribution in [2.75, 3.05) is 19.8 Å². The van der Waals surface area contributed by atoms with Crippen LogP contribution in [0.15, 0.2) is 11.6 Å². The Morgan fingerprint density at radius 3 is 1.96 bits per heavy atom. The minimum atomic E-state index is 0.00671. The first-order valence-corrected chi connectivity index (χ1v) is 10.4. The molecule has 3 nitrogen and oxygen atoms in total. The number of allylic oxidation sites excluding steroid dienone is 1. The molecule has 0 aromatic heterocycles. The van der Waals surface area contributed by atoms with E-state index < -0.39 is 0 Å². The molecular weight excluding hydrogens is 324 g/mol. The number of ether oxygens (including phenoxy) is 3. The number of hydrogen-bond acceptors (Lipinski definition) is 3. The van der Waals surface area contributed by atoms with Crippen LogP contribution in [-0.4, -0.2) is 32.2 Å². The van der Waals surface area contributed by atoms with Crippen molar-refractivity contribution in [3.05, 3.63) is 11.6 Å². The van der Waals surface area contributed by atoms with Crippen LogP contribution < -0.4 is 0 Å². The first kappa shape index (κ1) is 18.7. The first-order chi connectivity index (χ1) is 11.8. The molecule has 0 aromatic carbocycles. The molecule has 0 amide bonds. The fourth-order valence-electron chi connectivity index (χ4n) is 4.90. The highest BCUT2D eigenvalue weighted by atomic mass is 35.5. The van der Waals surface area contributed by atoms with E-state index in [4.69, 9.17) is 25.8 Å². The number of rotatable bonds is 5. The molecule has 0 bridgehead atoms. The maximum Gasteiger partial charge on any atom is 0.160 e. The van der Waals surface area contributed by atoms with Crippen LogP contribution >= 0.6 is 11.6 Å². The maximum absolute atomic E-state index is 5.94. The van der Waals surface area contributed by atoms with Gasteiger partial charge in [0.05, 0.1) is 13.2 Å². The second kappa shape index (κ2) is 9.56. The molecule has 24 heavy (non-hydrogen) atoms. The Balaban J connectivity index is 1.37. The molecule has 1 saturated heterocycles. The van der Waals surface area contributed by atoms with Gasteiger partial charge < -0.3 is 14.2 Å². The van der Waals surface area contributed by atoms with Crippen LogP contribution in [0.2, 0.25) is 0 Å². The molecule has 1 aliphatic heterocycles. The Bertz CT molecular complexity index is 376. The summed E-state index contributed by atoms with van der Waals surface area (Å²) in [5.74, 6) is 3.15. The molecule has 138 valence electrons. The van der Waals surface area contributed by atoms with E-state index in [-0.39, 0.29) is 12.4 Å². The number of halogens is 1. The lowest BCUT2D eigenvalue weighted by Crippen LogP contribution is -2.42. The van der Waals surface area contributed by atoms with Gasteiger partial charge in [-0.25, -0.2) is 0 Å². The Kier molecular flexibility index (Phi) is 7.45. The van der Waals surface area contributed by atoms with E-state index in [2.05, 4.69) is 6.08 Å². The van der Waals surface area contributed by atoms with E-state index in [9.17, 15) is 0 Å². The van der Waals surface area contributed by atoms with Gasteiger partial charge in [-0.05, 0) is 76.0 Å². The van der Waals surface area contributed by atoms with Gasteiger partial charge in [0.15, 0.2) is 6.29 Å². The highest BCUT2D eigenvalue weighted by molar-refractivity contribution is 6.25. The Hall–Kier alpha value is -0.0900. The zero-order chi connectivity index (χ0) is 16.8. The minimum absolute atomic E-state index is 0.00671. The molecule has 3 rings (SSSR count). The summed E-state index contributed by atoms with van der Waals surface area (Å²) in [5.41, 5.74) is 1.70. The van der Waals surface area contributed by atoms with Crippen molar-refractivity contribution in [1.82, 2.24) is 0 Å². The normalized spacial score (nSPS) is 41.6. The minimum Gasteiger partial charge on any atom is -0.374 e. The van der Waals surface area contributed by atoms with Gasteiger partial charge in [0.1, 0.15) is 6.10 Å². The molecule has 0 atom stereocenters. The van der Waals surface area contributed by atoms with Crippen LogP contribution in [0, 0.1) is 23.7 Å². The topological polar surface area (TPSA) is 27.7 Å². The smallest absolute Gasteiger partial charge is 0.160 e. The van der Waals surface area contributed by atoms with Crippen LogP contribution in [0.3, 0.4) is 0 Å². The zero-order valence-corrected chi connectivity index (χ0v) is 15.8. The van der Waals surface area contributed by atoms with E-state index in [1.54, 1.807) is 5.54 Å². The summed E-state index contributed by atoms with van der Waals surface area (Å²) in [7, 11) is 0. The van der Waals surface area contributed by atoms with Gasteiger partial charge >= 0.3 is 0 Å². The van der Waals surface area contributed by atoms with E-state index in [1.165, 1.54) is 51.4 Å². The van der Waals surface area contributed by atoms with Crippen LogP contribution in [-0.2, 0) is 14.2 Å². The van der Waals surface area contributed by atoms with Crippen molar-refractivity contribution in [2.45, 2.75) is 70.7 Å². The Labute approximate surface area is 152 Å². The fraction of sp³-hybridized carbons (Fsp3) is 0.900. The van der Waals surface area contributed by atoms with Crippen molar-refractivity contribution < 1.29 is 14.2 Å². The van der Waals surface area contributed by atoms with Crippen molar-refractivity contribution in [1.29, 1.82) is 0 Å². The van der Waals surface area contributed by atoms with E-state index >= 15 is 0 Å². The van der Waals surface area contributed by atoms with E-state index in [1.807, 2.05) is 6.92 Å². The third kappa shape index (κ3) is 4.97. The van der Waals surface area contributed by atoms with E-state index in [0.29, 0.717) is 19.1 Å². The molecule has 0 spiro atoms. The lowest BCUT2D eigenvalue weighted by atomic mass is 9.69. The quantitative estimate of drug-likeness (QED) is 0.683. The summed E-state index contributed by atoms with van der Waals surface area (Å²) < 4.78 is 17.5. The SMILES string of the molecule is CCO[C@H]1CO[C@H](C2CCC([C@H]3CC[C@H](/C=C/Cl)CC3)CC2)OC1. The van der Waals surface area contributed by atoms with Gasteiger partial charge in [0.2, 0.25) is 0 Å². The molecular formula is C20H33ClO3. The molecule has 3 fully saturated rings. The average molecular weight is 357 g/mol. The van der Waals surface area contributed by atoms with Crippen molar-refractivity contribution in [3.63, 3.8) is 0 Å². The predicted molar refractivity (Wildman–Crippen MR) is 97.0 cm³/mol. The summed E-state index contributed by atoms with van der Waals surface area (Å²) in [6, 6.07) is 0. The lowest BCUT2D eigenvalue weighted by molar-refractivity contribution is -0.249. The number of hydrogen-bond donors (Lipinski definition) is 0. The highest BCUT2D eigenvalue weighted by Crippen LogP contribution is 2.43. The molecule has 3 aliphatic rings. The third-order valence-electron chi connectivity index (χ3n) is 6.32. The Morgan fingerprint density at radius 1 is 0.875 bits per heavy atom. The van der Waals surface area contributed by atoms with Crippen LogP contribution in [0.5, 0.6) is 0 Å². The van der Waals surface area contributed by atoms with Crippen molar-refractivity contribution in [2.24, 2.45) is 23.7 Å². The van der Waals surface area contributed by atoms with Crippen LogP contribution in [0.4, 0.5) is 0 Å². The standard InChI is InChI=1S/C20H33ClO3/c1-2-22-19-13-23-20(24-14-19)18-9-7-17(8-10-18)16-5-3-15(4-6-16)11-12-21/h11-12,15-20H,2-10,13-14H2,1H3/b12-11+/t15-,16-,17?,18?,19-,20-. The fourth-order valence-corrected chi connectivity index (χ4v) is 5.11. The van der Waals surface area contributed by atoms with Gasteiger partial charge in [-0.1, -0.05) is 17.7 Å². The van der Waals surface area contributed by atoms with Crippen LogP contribution in [0.25, 0.3) is 0 Å². The van der Waals surface area contributed by atoms with Gasteiger partial charge in [0.25, 0.3) is 0 Å². The molecule has 1 heterocycles. The summed E-state index contributed by atoms with van der Waals surface area (Å²) in [4.78, 5) is 0. The predicted octanol–water partition coefficient (Wildman–Crippen LogP) is 5.13. The van der Waals surface area contributed by atoms with Gasteiger partial charge in [-0.2, -0.15) is 0 Å². The van der Waals surface area contributed by atoms with Crippen molar-refractivity contribution in [3.8, 4) is 0 Å².